The summed E-state index contributed by atoms with van der Waals surface area (Å²) in [5.41, 5.74) is 1.28. The van der Waals surface area contributed by atoms with Gasteiger partial charge >= 0.3 is 0 Å². The van der Waals surface area contributed by atoms with Gasteiger partial charge in [0, 0.05) is 39.9 Å². The first kappa shape index (κ1) is 16.7. The van der Waals surface area contributed by atoms with Crippen molar-refractivity contribution >= 4 is 11.7 Å². The Morgan fingerprint density at radius 3 is 2.95 bits per heavy atom. The summed E-state index contributed by atoms with van der Waals surface area (Å²) in [5.74, 6) is 1.75. The monoisotopic (exact) mass is 305 g/mol. The van der Waals surface area contributed by atoms with E-state index in [0.717, 1.165) is 44.7 Å². The second-order valence-electron chi connectivity index (χ2n) is 5.98. The van der Waals surface area contributed by atoms with Crippen molar-refractivity contribution in [3.05, 3.63) is 23.9 Å². The van der Waals surface area contributed by atoms with Gasteiger partial charge in [0.1, 0.15) is 5.82 Å². The Bertz CT molecular complexity index is 461. The Hall–Kier alpha value is -1.62. The van der Waals surface area contributed by atoms with E-state index in [1.807, 2.05) is 17.2 Å². The number of hydrogen-bond acceptors (Lipinski definition) is 4. The summed E-state index contributed by atoms with van der Waals surface area (Å²) in [7, 11) is 1.69. The van der Waals surface area contributed by atoms with E-state index in [1.165, 1.54) is 12.0 Å². The molecule has 0 unspecified atom stereocenters. The Kier molecular flexibility index (Phi) is 6.65. The van der Waals surface area contributed by atoms with Crippen molar-refractivity contribution in [2.24, 2.45) is 5.92 Å². The van der Waals surface area contributed by atoms with E-state index in [4.69, 9.17) is 4.74 Å². The zero-order valence-electron chi connectivity index (χ0n) is 13.7. The Morgan fingerprint density at radius 1 is 1.41 bits per heavy atom. The largest absolute Gasteiger partial charge is 0.383 e. The van der Waals surface area contributed by atoms with Crippen LogP contribution in [-0.4, -0.2) is 49.1 Å². The molecule has 0 aromatic carbocycles. The van der Waals surface area contributed by atoms with Crippen molar-refractivity contribution < 1.29 is 9.53 Å². The Labute approximate surface area is 133 Å². The maximum Gasteiger partial charge on any atom is 0.219 e. The van der Waals surface area contributed by atoms with Gasteiger partial charge < -0.3 is 15.0 Å². The van der Waals surface area contributed by atoms with E-state index in [1.54, 1.807) is 14.0 Å². The number of carbonyl (C=O) groups excluding carboxylic acids is 1. The molecule has 1 amide bonds. The number of anilines is 1. The molecule has 0 saturated carbocycles. The van der Waals surface area contributed by atoms with Crippen molar-refractivity contribution in [2.75, 3.05) is 38.7 Å². The molecule has 1 saturated heterocycles. The van der Waals surface area contributed by atoms with E-state index in [0.29, 0.717) is 12.5 Å². The van der Waals surface area contributed by atoms with E-state index < -0.39 is 0 Å². The standard InChI is InChI=1S/C17H27N3O2/c1-14(21)20-9-3-4-15(7-10-20)12-16-5-6-17(19-13-16)18-8-11-22-2/h5-6,13,15H,3-4,7-12H2,1-2H3,(H,18,19)/t15-/m0/s1. The zero-order valence-corrected chi connectivity index (χ0v) is 13.7. The minimum atomic E-state index is 0.203. The first-order valence-electron chi connectivity index (χ1n) is 8.12. The number of likely N-dealkylation sites (tertiary alicyclic amines) is 1. The van der Waals surface area contributed by atoms with Crippen molar-refractivity contribution in [1.82, 2.24) is 9.88 Å². The lowest BCUT2D eigenvalue weighted by atomic mass is 9.93. The van der Waals surface area contributed by atoms with Crippen molar-refractivity contribution in [2.45, 2.75) is 32.6 Å². The zero-order chi connectivity index (χ0) is 15.8. The number of aromatic nitrogens is 1. The highest BCUT2D eigenvalue weighted by atomic mass is 16.5. The van der Waals surface area contributed by atoms with Crippen LogP contribution in [0.4, 0.5) is 5.82 Å². The molecule has 5 nitrogen and oxygen atoms in total. The van der Waals surface area contributed by atoms with Gasteiger partial charge in [0.2, 0.25) is 5.91 Å². The summed E-state index contributed by atoms with van der Waals surface area (Å²) in [6, 6.07) is 4.18. The molecular weight excluding hydrogens is 278 g/mol. The quantitative estimate of drug-likeness (QED) is 0.820. The van der Waals surface area contributed by atoms with Crippen LogP contribution in [0.5, 0.6) is 0 Å². The van der Waals surface area contributed by atoms with Crippen LogP contribution in [0.1, 0.15) is 31.7 Å². The van der Waals surface area contributed by atoms with Crippen LogP contribution in [-0.2, 0) is 16.0 Å². The topological polar surface area (TPSA) is 54.5 Å². The first-order chi connectivity index (χ1) is 10.7. The third-order valence-corrected chi connectivity index (χ3v) is 4.25. The lowest BCUT2D eigenvalue weighted by Crippen LogP contribution is -2.29. The van der Waals surface area contributed by atoms with Gasteiger partial charge in [0.15, 0.2) is 0 Å². The first-order valence-corrected chi connectivity index (χ1v) is 8.12. The van der Waals surface area contributed by atoms with Gasteiger partial charge in [-0.15, -0.1) is 0 Å². The molecule has 22 heavy (non-hydrogen) atoms. The molecule has 0 spiro atoms. The van der Waals surface area contributed by atoms with E-state index in [9.17, 15) is 4.79 Å². The molecule has 1 atom stereocenters. The third-order valence-electron chi connectivity index (χ3n) is 4.25. The minimum absolute atomic E-state index is 0.203. The average molecular weight is 305 g/mol. The number of amides is 1. The second-order valence-corrected chi connectivity index (χ2v) is 5.98. The molecule has 0 bridgehead atoms. The van der Waals surface area contributed by atoms with Gasteiger partial charge in [-0.3, -0.25) is 4.79 Å². The van der Waals surface area contributed by atoms with Gasteiger partial charge in [-0.2, -0.15) is 0 Å². The normalized spacial score (nSPS) is 18.8. The molecule has 1 aliphatic heterocycles. The molecule has 1 fully saturated rings. The van der Waals surface area contributed by atoms with Crippen LogP contribution in [0.25, 0.3) is 0 Å². The van der Waals surface area contributed by atoms with Crippen molar-refractivity contribution in [3.63, 3.8) is 0 Å². The van der Waals surface area contributed by atoms with Crippen LogP contribution in [0.2, 0.25) is 0 Å². The summed E-state index contributed by atoms with van der Waals surface area (Å²) in [6.07, 6.45) is 6.40. The maximum atomic E-state index is 11.5. The van der Waals surface area contributed by atoms with Crippen LogP contribution < -0.4 is 5.32 Å². The number of methoxy groups -OCH3 is 1. The average Bonchev–Trinajstić information content (AvgIpc) is 2.75. The fourth-order valence-electron chi connectivity index (χ4n) is 2.95. The fourth-order valence-corrected chi connectivity index (χ4v) is 2.95. The summed E-state index contributed by atoms with van der Waals surface area (Å²) >= 11 is 0. The highest BCUT2D eigenvalue weighted by Gasteiger charge is 2.18. The van der Waals surface area contributed by atoms with Crippen molar-refractivity contribution in [1.29, 1.82) is 0 Å². The second kappa shape index (κ2) is 8.73. The number of pyridine rings is 1. The smallest absolute Gasteiger partial charge is 0.219 e. The summed E-state index contributed by atoms with van der Waals surface area (Å²) in [5, 5.41) is 3.22. The number of nitrogens with one attached hydrogen (secondary N) is 1. The minimum Gasteiger partial charge on any atom is -0.383 e. The molecule has 1 aromatic heterocycles. The highest BCUT2D eigenvalue weighted by Crippen LogP contribution is 2.22. The maximum absolute atomic E-state index is 11.5. The van der Waals surface area contributed by atoms with Crippen molar-refractivity contribution in [3.8, 4) is 0 Å². The number of ether oxygens (including phenoxy) is 1. The highest BCUT2D eigenvalue weighted by molar-refractivity contribution is 5.73. The lowest BCUT2D eigenvalue weighted by molar-refractivity contribution is -0.128. The Balaban J connectivity index is 1.81. The van der Waals surface area contributed by atoms with Crippen LogP contribution >= 0.6 is 0 Å². The van der Waals surface area contributed by atoms with Gasteiger partial charge in [-0.05, 0) is 43.2 Å². The predicted molar refractivity (Wildman–Crippen MR) is 87.9 cm³/mol. The molecule has 1 aromatic rings. The summed E-state index contributed by atoms with van der Waals surface area (Å²) in [4.78, 5) is 17.9. The molecule has 1 aliphatic rings. The Morgan fingerprint density at radius 2 is 2.27 bits per heavy atom. The molecule has 0 aliphatic carbocycles. The summed E-state index contributed by atoms with van der Waals surface area (Å²) in [6.45, 7) is 4.92. The molecular formula is C17H27N3O2. The van der Waals surface area contributed by atoms with Gasteiger partial charge in [-0.25, -0.2) is 4.98 Å². The summed E-state index contributed by atoms with van der Waals surface area (Å²) < 4.78 is 5.01. The molecule has 1 N–H and O–H groups in total. The molecule has 0 radical (unpaired) electrons. The molecule has 2 rings (SSSR count). The lowest BCUT2D eigenvalue weighted by Gasteiger charge is -2.18. The third kappa shape index (κ3) is 5.30. The number of rotatable bonds is 6. The molecule has 122 valence electrons. The molecule has 2 heterocycles. The van der Waals surface area contributed by atoms with Crippen LogP contribution in [0, 0.1) is 5.92 Å². The SMILES string of the molecule is COCCNc1ccc(C[C@H]2CCCN(C(C)=O)CC2)cn1. The number of hydrogen-bond donors (Lipinski definition) is 1. The van der Waals surface area contributed by atoms with Gasteiger partial charge in [0.25, 0.3) is 0 Å². The number of nitrogens with zero attached hydrogens (tertiary/aromatic N) is 2. The van der Waals surface area contributed by atoms with Crippen LogP contribution in [0.15, 0.2) is 18.3 Å². The van der Waals surface area contributed by atoms with E-state index in [-0.39, 0.29) is 5.91 Å². The molecule has 5 heteroatoms. The van der Waals surface area contributed by atoms with E-state index in [2.05, 4.69) is 16.4 Å². The fraction of sp³-hybridized carbons (Fsp3) is 0.647. The van der Waals surface area contributed by atoms with E-state index >= 15 is 0 Å². The van der Waals surface area contributed by atoms with Crippen LogP contribution in [0.3, 0.4) is 0 Å². The van der Waals surface area contributed by atoms with Gasteiger partial charge in [0.05, 0.1) is 6.61 Å². The van der Waals surface area contributed by atoms with Gasteiger partial charge in [-0.1, -0.05) is 6.07 Å². The predicted octanol–water partition coefficient (Wildman–Crippen LogP) is 2.33. The number of carbonyl (C=O) groups is 1.